The van der Waals surface area contributed by atoms with E-state index in [0.717, 1.165) is 27.9 Å². The molecule has 5 N–H and O–H groups in total. The van der Waals surface area contributed by atoms with Crippen molar-refractivity contribution in [2.45, 2.75) is 31.6 Å². The van der Waals surface area contributed by atoms with Crippen molar-refractivity contribution in [2.24, 2.45) is 0 Å². The minimum Gasteiger partial charge on any atom is -0.324 e. The average molecular weight is 426 g/mol. The second-order valence-corrected chi connectivity index (χ2v) is 8.19. The molecular formula is C23H22N8O. The molecule has 0 atom stereocenters. The van der Waals surface area contributed by atoms with Gasteiger partial charge in [0.25, 0.3) is 5.56 Å². The second kappa shape index (κ2) is 7.52. The largest absolute Gasteiger partial charge is 0.324 e. The highest BCUT2D eigenvalue weighted by Crippen LogP contribution is 2.34. The van der Waals surface area contributed by atoms with E-state index in [2.05, 4.69) is 42.1 Å². The number of nitrogens with one attached hydrogen (secondary N) is 5. The van der Waals surface area contributed by atoms with Crippen molar-refractivity contribution in [3.05, 3.63) is 64.6 Å². The summed E-state index contributed by atoms with van der Waals surface area (Å²) in [5, 5.41) is 21.2. The molecule has 0 unspecified atom stereocenters. The van der Waals surface area contributed by atoms with Crippen molar-refractivity contribution in [1.82, 2.24) is 30.4 Å². The van der Waals surface area contributed by atoms with E-state index in [1.807, 2.05) is 36.4 Å². The van der Waals surface area contributed by atoms with Crippen LogP contribution >= 0.6 is 0 Å². The fourth-order valence-corrected chi connectivity index (χ4v) is 4.44. The number of aromatic nitrogens is 6. The first kappa shape index (κ1) is 18.6. The Bertz CT molecular complexity index is 1470. The van der Waals surface area contributed by atoms with Gasteiger partial charge in [-0.3, -0.25) is 20.1 Å². The Balaban J connectivity index is 1.33. The van der Waals surface area contributed by atoms with Gasteiger partial charge in [0, 0.05) is 28.8 Å². The Kier molecular flexibility index (Phi) is 4.38. The van der Waals surface area contributed by atoms with Crippen LogP contribution in [-0.2, 0) is 0 Å². The first-order valence-electron chi connectivity index (χ1n) is 10.8. The minimum atomic E-state index is -0.143. The molecule has 3 aromatic heterocycles. The topological polar surface area (TPSA) is 127 Å². The number of aromatic amines is 3. The predicted octanol–water partition coefficient (Wildman–Crippen LogP) is 4.67. The maximum atomic E-state index is 11.8. The van der Waals surface area contributed by atoms with Gasteiger partial charge < -0.3 is 10.6 Å². The van der Waals surface area contributed by atoms with Crippen LogP contribution in [0.3, 0.4) is 0 Å². The third-order valence-corrected chi connectivity index (χ3v) is 6.07. The number of hydrogen-bond acceptors (Lipinski definition) is 6. The van der Waals surface area contributed by atoms with Gasteiger partial charge in [-0.05, 0) is 43.2 Å². The van der Waals surface area contributed by atoms with Gasteiger partial charge in [-0.15, -0.1) is 0 Å². The molecular weight excluding hydrogens is 404 g/mol. The number of nitrogens with zero attached hydrogens (tertiary/aromatic N) is 3. The molecule has 0 saturated heterocycles. The minimum absolute atomic E-state index is 0.143. The van der Waals surface area contributed by atoms with Crippen LogP contribution in [0.15, 0.2) is 53.3 Å². The van der Waals surface area contributed by atoms with E-state index in [4.69, 9.17) is 4.98 Å². The molecule has 9 nitrogen and oxygen atoms in total. The molecule has 9 heteroatoms. The number of H-pyrrole nitrogens is 3. The molecule has 5 aromatic rings. The van der Waals surface area contributed by atoms with Crippen molar-refractivity contribution >= 4 is 45.1 Å². The lowest BCUT2D eigenvalue weighted by Gasteiger charge is -2.11. The van der Waals surface area contributed by atoms with Crippen molar-refractivity contribution in [1.29, 1.82) is 0 Å². The van der Waals surface area contributed by atoms with E-state index in [1.165, 1.54) is 31.4 Å². The molecule has 0 bridgehead atoms. The molecule has 0 aliphatic heterocycles. The van der Waals surface area contributed by atoms with E-state index in [9.17, 15) is 4.79 Å². The van der Waals surface area contributed by atoms with Gasteiger partial charge in [-0.25, -0.2) is 4.98 Å². The third-order valence-electron chi connectivity index (χ3n) is 6.07. The zero-order valence-electron chi connectivity index (χ0n) is 17.3. The molecule has 1 aliphatic rings. The summed E-state index contributed by atoms with van der Waals surface area (Å²) >= 11 is 0. The van der Waals surface area contributed by atoms with Crippen molar-refractivity contribution < 1.29 is 0 Å². The fourth-order valence-electron chi connectivity index (χ4n) is 4.44. The number of rotatable bonds is 5. The third kappa shape index (κ3) is 3.37. The first-order valence-corrected chi connectivity index (χ1v) is 10.8. The number of hydrogen-bond donors (Lipinski definition) is 5. The number of anilines is 4. The Morgan fingerprint density at radius 1 is 0.906 bits per heavy atom. The maximum absolute atomic E-state index is 11.8. The van der Waals surface area contributed by atoms with Gasteiger partial charge in [0.15, 0.2) is 5.82 Å². The SMILES string of the molecule is O=c1[nH][nH]c2cc(Nc3nc(Nc4cc(C5CCCC5)[nH]n4)c4ccccc4n3)ccc12. The Morgan fingerprint density at radius 2 is 1.78 bits per heavy atom. The maximum Gasteiger partial charge on any atom is 0.271 e. The van der Waals surface area contributed by atoms with Crippen LogP contribution in [0.4, 0.5) is 23.3 Å². The van der Waals surface area contributed by atoms with Gasteiger partial charge in [-0.1, -0.05) is 25.0 Å². The average Bonchev–Trinajstić information content (AvgIpc) is 3.56. The Labute approximate surface area is 182 Å². The van der Waals surface area contributed by atoms with Crippen LogP contribution in [0.2, 0.25) is 0 Å². The monoisotopic (exact) mass is 426 g/mol. The van der Waals surface area contributed by atoms with Gasteiger partial charge in [0.2, 0.25) is 5.95 Å². The molecule has 1 fully saturated rings. The summed E-state index contributed by atoms with van der Waals surface area (Å²) in [4.78, 5) is 21.1. The Morgan fingerprint density at radius 3 is 2.69 bits per heavy atom. The van der Waals surface area contributed by atoms with E-state index in [0.29, 0.717) is 23.1 Å². The summed E-state index contributed by atoms with van der Waals surface area (Å²) < 4.78 is 0. The molecule has 1 aliphatic carbocycles. The van der Waals surface area contributed by atoms with E-state index in [1.54, 1.807) is 6.07 Å². The van der Waals surface area contributed by atoms with Gasteiger partial charge in [-0.2, -0.15) is 10.1 Å². The van der Waals surface area contributed by atoms with Gasteiger partial charge >= 0.3 is 0 Å². The van der Waals surface area contributed by atoms with Crippen molar-refractivity contribution in [2.75, 3.05) is 10.6 Å². The lowest BCUT2D eigenvalue weighted by molar-refractivity contribution is 0.693. The molecule has 0 spiro atoms. The lowest BCUT2D eigenvalue weighted by atomic mass is 10.0. The van der Waals surface area contributed by atoms with E-state index in [-0.39, 0.29) is 5.56 Å². The highest BCUT2D eigenvalue weighted by atomic mass is 16.1. The second-order valence-electron chi connectivity index (χ2n) is 8.19. The lowest BCUT2D eigenvalue weighted by Crippen LogP contribution is -2.02. The molecule has 3 heterocycles. The summed E-state index contributed by atoms with van der Waals surface area (Å²) in [5.74, 6) is 2.44. The van der Waals surface area contributed by atoms with E-state index < -0.39 is 0 Å². The number of benzene rings is 2. The molecule has 2 aromatic carbocycles. The summed E-state index contributed by atoms with van der Waals surface area (Å²) in [7, 11) is 0. The van der Waals surface area contributed by atoms with Gasteiger partial charge in [0.05, 0.1) is 16.4 Å². The molecule has 6 rings (SSSR count). The zero-order valence-corrected chi connectivity index (χ0v) is 17.3. The van der Waals surface area contributed by atoms with Crippen LogP contribution < -0.4 is 16.2 Å². The summed E-state index contributed by atoms with van der Waals surface area (Å²) in [6, 6.07) is 15.4. The van der Waals surface area contributed by atoms with Crippen LogP contribution in [-0.4, -0.2) is 30.4 Å². The molecule has 0 amide bonds. The summed E-state index contributed by atoms with van der Waals surface area (Å²) in [6.07, 6.45) is 4.98. The normalized spacial score (nSPS) is 14.4. The molecule has 0 radical (unpaired) electrons. The standard InChI is InChI=1S/C23H22N8O/c32-22-16-10-9-14(11-19(16)29-31-22)24-23-25-17-8-4-3-7-15(17)21(27-23)26-20-12-18(28-30-20)13-5-1-2-6-13/h3-4,7-13H,1-2,5-6H2,(H2,29,31,32)(H3,24,25,26,27,28,30). The van der Waals surface area contributed by atoms with Crippen molar-refractivity contribution in [3.63, 3.8) is 0 Å². The number of fused-ring (bicyclic) bond motifs is 2. The Hall–Kier alpha value is -4.14. The van der Waals surface area contributed by atoms with Crippen LogP contribution in [0.25, 0.3) is 21.8 Å². The summed E-state index contributed by atoms with van der Waals surface area (Å²) in [6.45, 7) is 0. The molecule has 160 valence electrons. The van der Waals surface area contributed by atoms with Crippen LogP contribution in [0.1, 0.15) is 37.3 Å². The van der Waals surface area contributed by atoms with Crippen LogP contribution in [0, 0.1) is 0 Å². The predicted molar refractivity (Wildman–Crippen MR) is 125 cm³/mol. The van der Waals surface area contributed by atoms with Gasteiger partial charge in [0.1, 0.15) is 5.82 Å². The number of para-hydroxylation sites is 1. The fraction of sp³-hybridized carbons (Fsp3) is 0.217. The highest BCUT2D eigenvalue weighted by Gasteiger charge is 2.19. The van der Waals surface area contributed by atoms with Crippen molar-refractivity contribution in [3.8, 4) is 0 Å². The smallest absolute Gasteiger partial charge is 0.271 e. The quantitative estimate of drug-likeness (QED) is 0.278. The zero-order chi connectivity index (χ0) is 21.5. The first-order chi connectivity index (χ1) is 15.7. The van der Waals surface area contributed by atoms with Crippen LogP contribution in [0.5, 0.6) is 0 Å². The van der Waals surface area contributed by atoms with E-state index >= 15 is 0 Å². The summed E-state index contributed by atoms with van der Waals surface area (Å²) in [5.41, 5.74) is 3.34. The molecule has 32 heavy (non-hydrogen) atoms. The molecule has 1 saturated carbocycles. The highest BCUT2D eigenvalue weighted by molar-refractivity contribution is 5.92.